The largest absolute Gasteiger partial charge is 0.480 e. The number of ketones is 1. The minimum Gasteiger partial charge on any atom is -0.480 e. The number of carboxylic acid groups (broad SMARTS) is 1. The van der Waals surface area contributed by atoms with Crippen LogP contribution in [0.3, 0.4) is 0 Å². The van der Waals surface area contributed by atoms with E-state index >= 15 is 0 Å². The first-order valence-electron chi connectivity index (χ1n) is 10.9. The fourth-order valence-corrected chi connectivity index (χ4v) is 4.83. The SMILES string of the molecule is O=C(CSc1nc(=O)n([C@@H](Cc2ccccc2)C(=O)O)cc1-c1ccccc1)c1ccc(Cl)c(Cl)c1. The molecule has 0 saturated carbocycles. The molecule has 1 heterocycles. The minimum atomic E-state index is -1.15. The summed E-state index contributed by atoms with van der Waals surface area (Å²) in [6.45, 7) is 0. The van der Waals surface area contributed by atoms with E-state index in [9.17, 15) is 19.5 Å². The van der Waals surface area contributed by atoms with Crippen LogP contribution in [-0.4, -0.2) is 32.2 Å². The molecule has 1 atom stereocenters. The molecule has 0 spiro atoms. The van der Waals surface area contributed by atoms with Gasteiger partial charge in [-0.1, -0.05) is 95.6 Å². The molecule has 3 aromatic carbocycles. The second-order valence-corrected chi connectivity index (χ2v) is 9.68. The van der Waals surface area contributed by atoms with Crippen LogP contribution in [0.2, 0.25) is 10.0 Å². The van der Waals surface area contributed by atoms with Gasteiger partial charge in [0.25, 0.3) is 0 Å². The zero-order chi connectivity index (χ0) is 25.7. The first-order chi connectivity index (χ1) is 17.3. The van der Waals surface area contributed by atoms with Gasteiger partial charge < -0.3 is 5.11 Å². The van der Waals surface area contributed by atoms with Gasteiger partial charge in [0.1, 0.15) is 11.1 Å². The molecule has 182 valence electrons. The molecule has 1 N–H and O–H groups in total. The number of hydrogen-bond donors (Lipinski definition) is 1. The normalized spacial score (nSPS) is 11.7. The van der Waals surface area contributed by atoms with Crippen LogP contribution in [0.15, 0.2) is 94.9 Å². The van der Waals surface area contributed by atoms with Crippen molar-refractivity contribution in [3.63, 3.8) is 0 Å². The van der Waals surface area contributed by atoms with E-state index < -0.39 is 17.7 Å². The topological polar surface area (TPSA) is 89.3 Å². The lowest BCUT2D eigenvalue weighted by molar-refractivity contribution is -0.141. The Morgan fingerprint density at radius 1 is 0.944 bits per heavy atom. The first kappa shape index (κ1) is 25.7. The first-order valence-corrected chi connectivity index (χ1v) is 12.6. The number of aromatic nitrogens is 2. The molecule has 0 unspecified atom stereocenters. The maximum Gasteiger partial charge on any atom is 0.349 e. The molecule has 4 rings (SSSR count). The van der Waals surface area contributed by atoms with E-state index in [0.717, 1.165) is 27.5 Å². The Hall–Kier alpha value is -3.39. The molecule has 36 heavy (non-hydrogen) atoms. The molecule has 4 aromatic rings. The van der Waals surface area contributed by atoms with Crippen molar-refractivity contribution >= 4 is 46.7 Å². The Kier molecular flexibility index (Phi) is 8.25. The molecule has 1 aromatic heterocycles. The van der Waals surface area contributed by atoms with Gasteiger partial charge in [0.2, 0.25) is 0 Å². The van der Waals surface area contributed by atoms with Gasteiger partial charge in [0.15, 0.2) is 5.78 Å². The van der Waals surface area contributed by atoms with Crippen molar-refractivity contribution in [1.29, 1.82) is 0 Å². The lowest BCUT2D eigenvalue weighted by Gasteiger charge is -2.18. The average molecular weight is 539 g/mol. The van der Waals surface area contributed by atoms with E-state index in [1.165, 1.54) is 12.3 Å². The standard InChI is InChI=1S/C27H20Cl2N2O4S/c28-21-12-11-19(14-22(21)29)24(32)16-36-25-20(18-9-5-2-6-10-18)15-31(27(35)30-25)23(26(33)34)13-17-7-3-1-4-8-17/h1-12,14-15,23H,13,16H2,(H,33,34)/t23-/m0/s1. The van der Waals surface area contributed by atoms with Crippen LogP contribution in [0.5, 0.6) is 0 Å². The number of hydrogen-bond acceptors (Lipinski definition) is 5. The molecular formula is C27H20Cl2N2O4S. The minimum absolute atomic E-state index is 0.000618. The molecule has 0 fully saturated rings. The Labute approximate surface area is 221 Å². The van der Waals surface area contributed by atoms with Crippen molar-refractivity contribution in [1.82, 2.24) is 9.55 Å². The monoisotopic (exact) mass is 538 g/mol. The molecular weight excluding hydrogens is 519 g/mol. The van der Waals surface area contributed by atoms with Crippen LogP contribution in [0.1, 0.15) is 22.0 Å². The van der Waals surface area contributed by atoms with Crippen molar-refractivity contribution in [3.05, 3.63) is 117 Å². The van der Waals surface area contributed by atoms with Crippen LogP contribution in [0.25, 0.3) is 11.1 Å². The molecule has 0 aliphatic heterocycles. The van der Waals surface area contributed by atoms with Crippen molar-refractivity contribution < 1.29 is 14.7 Å². The Balaban J connectivity index is 1.70. The Morgan fingerprint density at radius 3 is 2.25 bits per heavy atom. The fourth-order valence-electron chi connectivity index (χ4n) is 3.63. The van der Waals surface area contributed by atoms with Gasteiger partial charge >= 0.3 is 11.7 Å². The summed E-state index contributed by atoms with van der Waals surface area (Å²) in [5, 5.41) is 10.9. The van der Waals surface area contributed by atoms with Gasteiger partial charge in [-0.25, -0.2) is 9.59 Å². The zero-order valence-corrected chi connectivity index (χ0v) is 21.1. The Morgan fingerprint density at radius 2 is 1.61 bits per heavy atom. The van der Waals surface area contributed by atoms with Gasteiger partial charge in [-0.3, -0.25) is 9.36 Å². The van der Waals surface area contributed by atoms with E-state index in [4.69, 9.17) is 23.2 Å². The van der Waals surface area contributed by atoms with Crippen LogP contribution in [0, 0.1) is 0 Å². The smallest absolute Gasteiger partial charge is 0.349 e. The summed E-state index contributed by atoms with van der Waals surface area (Å²) >= 11 is 13.1. The zero-order valence-electron chi connectivity index (χ0n) is 18.8. The molecule has 0 amide bonds. The van der Waals surface area contributed by atoms with Crippen molar-refractivity contribution in [3.8, 4) is 11.1 Å². The van der Waals surface area contributed by atoms with Crippen molar-refractivity contribution in [2.24, 2.45) is 0 Å². The third-order valence-corrected chi connectivity index (χ3v) is 7.21. The summed E-state index contributed by atoms with van der Waals surface area (Å²) < 4.78 is 1.14. The number of aliphatic carboxylic acids is 1. The number of rotatable bonds is 9. The van der Waals surface area contributed by atoms with E-state index in [1.807, 2.05) is 60.7 Å². The van der Waals surface area contributed by atoms with Crippen molar-refractivity contribution in [2.45, 2.75) is 17.5 Å². The summed E-state index contributed by atoms with van der Waals surface area (Å²) in [6, 6.07) is 21.8. The maximum atomic E-state index is 13.0. The van der Waals surface area contributed by atoms with Crippen LogP contribution < -0.4 is 5.69 Å². The van der Waals surface area contributed by atoms with Crippen LogP contribution in [0.4, 0.5) is 0 Å². The maximum absolute atomic E-state index is 13.0. The molecule has 0 aliphatic rings. The lowest BCUT2D eigenvalue weighted by Crippen LogP contribution is -2.33. The third kappa shape index (κ3) is 6.05. The number of nitrogens with zero attached hydrogens (tertiary/aromatic N) is 2. The number of carboxylic acids is 1. The highest BCUT2D eigenvalue weighted by atomic mass is 35.5. The predicted molar refractivity (Wildman–Crippen MR) is 142 cm³/mol. The van der Waals surface area contributed by atoms with Crippen molar-refractivity contribution in [2.75, 3.05) is 5.75 Å². The summed E-state index contributed by atoms with van der Waals surface area (Å²) in [7, 11) is 0. The molecule has 6 nitrogen and oxygen atoms in total. The quantitative estimate of drug-likeness (QED) is 0.158. The predicted octanol–water partition coefficient (Wildman–Crippen LogP) is 6.06. The number of carbonyl (C=O) groups is 2. The summed E-state index contributed by atoms with van der Waals surface area (Å²) in [5.74, 6) is -1.35. The highest BCUT2D eigenvalue weighted by Crippen LogP contribution is 2.31. The van der Waals surface area contributed by atoms with Crippen LogP contribution >= 0.6 is 35.0 Å². The summed E-state index contributed by atoms with van der Waals surface area (Å²) in [4.78, 5) is 42.1. The fraction of sp³-hybridized carbons (Fsp3) is 0.111. The molecule has 0 radical (unpaired) electrons. The van der Waals surface area contributed by atoms with E-state index in [0.29, 0.717) is 21.2 Å². The van der Waals surface area contributed by atoms with Gasteiger partial charge in [0.05, 0.1) is 15.8 Å². The average Bonchev–Trinajstić information content (AvgIpc) is 2.88. The third-order valence-electron chi connectivity index (χ3n) is 5.48. The lowest BCUT2D eigenvalue weighted by atomic mass is 10.1. The second-order valence-electron chi connectivity index (χ2n) is 7.90. The summed E-state index contributed by atoms with van der Waals surface area (Å²) in [5.41, 5.74) is 1.76. The molecule has 0 saturated heterocycles. The number of carbonyl (C=O) groups excluding carboxylic acids is 1. The molecule has 0 bridgehead atoms. The van der Waals surface area contributed by atoms with E-state index in [1.54, 1.807) is 12.1 Å². The van der Waals surface area contributed by atoms with E-state index in [-0.39, 0.29) is 23.0 Å². The highest BCUT2D eigenvalue weighted by Gasteiger charge is 2.24. The molecule has 0 aliphatic carbocycles. The van der Waals surface area contributed by atoms with Gasteiger partial charge in [-0.05, 0) is 29.3 Å². The van der Waals surface area contributed by atoms with Gasteiger partial charge in [0, 0.05) is 23.7 Å². The van der Waals surface area contributed by atoms with Gasteiger partial charge in [-0.15, -0.1) is 0 Å². The second kappa shape index (κ2) is 11.6. The number of Topliss-reactive ketones (excluding diaryl/α,β-unsaturated/α-hetero) is 1. The number of thioether (sulfide) groups is 1. The van der Waals surface area contributed by atoms with Gasteiger partial charge in [-0.2, -0.15) is 4.98 Å². The van der Waals surface area contributed by atoms with Crippen LogP contribution in [-0.2, 0) is 11.2 Å². The number of benzene rings is 3. The summed E-state index contributed by atoms with van der Waals surface area (Å²) in [6.07, 6.45) is 1.63. The van der Waals surface area contributed by atoms with E-state index in [2.05, 4.69) is 4.98 Å². The number of halogens is 2. The highest BCUT2D eigenvalue weighted by molar-refractivity contribution is 8.00. The Bertz CT molecular complexity index is 1460. The molecule has 9 heteroatoms.